The summed E-state index contributed by atoms with van der Waals surface area (Å²) < 4.78 is 4.67. The Morgan fingerprint density at radius 1 is 1.33 bits per heavy atom. The Hall–Kier alpha value is -1.54. The molecule has 2 bridgehead atoms. The van der Waals surface area contributed by atoms with Gasteiger partial charge in [0.15, 0.2) is 0 Å². The Bertz CT molecular complexity index is 807. The summed E-state index contributed by atoms with van der Waals surface area (Å²) in [6.07, 6.45) is 3.99. The van der Waals surface area contributed by atoms with E-state index in [2.05, 4.69) is 41.2 Å². The van der Waals surface area contributed by atoms with Crippen molar-refractivity contribution in [1.29, 1.82) is 0 Å². The molecule has 8 heteroatoms. The van der Waals surface area contributed by atoms with E-state index in [4.69, 9.17) is 4.74 Å². The number of rotatable bonds is 9. The van der Waals surface area contributed by atoms with Crippen LogP contribution < -0.4 is 0 Å². The number of fused-ring (bicyclic) bond motifs is 1. The van der Waals surface area contributed by atoms with E-state index in [1.165, 1.54) is 4.90 Å². The lowest BCUT2D eigenvalue weighted by atomic mass is 9.71. The first-order chi connectivity index (χ1) is 15.3. The molecule has 33 heavy (non-hydrogen) atoms. The molecule has 0 aromatic carbocycles. The first-order valence-electron chi connectivity index (χ1n) is 12.0. The molecule has 5 atom stereocenters. The Morgan fingerprint density at radius 2 is 2.00 bits per heavy atom. The molecule has 3 heterocycles. The second-order valence-corrected chi connectivity index (χ2v) is 13.0. The number of carbonyl (C=O) groups excluding carboxylic acids is 3. The van der Waals surface area contributed by atoms with E-state index >= 15 is 0 Å². The third kappa shape index (κ3) is 4.45. The molecule has 2 amide bonds. The van der Waals surface area contributed by atoms with Crippen molar-refractivity contribution in [3.8, 4) is 0 Å². The second kappa shape index (κ2) is 9.25. The topological polar surface area (TPSA) is 87.2 Å². The first-order valence-corrected chi connectivity index (χ1v) is 12.9. The van der Waals surface area contributed by atoms with Crippen LogP contribution in [0, 0.1) is 17.3 Å². The fourth-order valence-electron chi connectivity index (χ4n) is 6.59. The van der Waals surface area contributed by atoms with Gasteiger partial charge in [0.25, 0.3) is 0 Å². The van der Waals surface area contributed by atoms with Crippen molar-refractivity contribution >= 4 is 29.5 Å². The molecule has 3 rings (SSSR count). The number of hydrogen-bond acceptors (Lipinski definition) is 6. The minimum atomic E-state index is -0.712. The number of nitrogens with zero attached hydrogens (tertiary/aromatic N) is 2. The van der Waals surface area contributed by atoms with Gasteiger partial charge in [-0.15, -0.1) is 18.3 Å². The fourth-order valence-corrected chi connectivity index (χ4v) is 8.79. The van der Waals surface area contributed by atoms with Crippen molar-refractivity contribution in [2.24, 2.45) is 17.3 Å². The highest BCUT2D eigenvalue weighted by Gasteiger charge is 2.74. The highest BCUT2D eigenvalue weighted by atomic mass is 32.2. The molecule has 186 valence electrons. The number of hydrogen-bond donors (Lipinski definition) is 1. The zero-order valence-electron chi connectivity index (χ0n) is 20.9. The molecule has 3 aliphatic heterocycles. The Kier molecular flexibility index (Phi) is 7.31. The van der Waals surface area contributed by atoms with Crippen molar-refractivity contribution in [2.75, 3.05) is 26.3 Å². The summed E-state index contributed by atoms with van der Waals surface area (Å²) in [5.41, 5.74) is -0.468. The van der Waals surface area contributed by atoms with Gasteiger partial charge in [-0.05, 0) is 45.4 Å². The number of esters is 1. The smallest absolute Gasteiger partial charge is 0.310 e. The number of carbonyl (C=O) groups is 3. The van der Waals surface area contributed by atoms with Gasteiger partial charge >= 0.3 is 5.97 Å². The summed E-state index contributed by atoms with van der Waals surface area (Å²) in [7, 11) is 0. The van der Waals surface area contributed by atoms with Gasteiger partial charge in [0.2, 0.25) is 11.8 Å². The first kappa shape index (κ1) is 26.1. The molecular weight excluding hydrogens is 440 g/mol. The number of amides is 2. The standard InChI is InChI=1S/C25H40N2O5S/c1-8-12-27(24(6,7)15-23(3,4)5)21(30)19-25-11-10-16(33-25)17(22(31)32-9-2)18(25)20(29)26(19)13-14-28/h8,16-19,28H,1,9-15H2,2-7H3/t16-,17+,18-,19?,25?/m0/s1. The molecule has 0 aromatic rings. The zero-order valence-corrected chi connectivity index (χ0v) is 21.7. The minimum absolute atomic E-state index is 0.00410. The predicted octanol–water partition coefficient (Wildman–Crippen LogP) is 2.86. The van der Waals surface area contributed by atoms with E-state index in [1.54, 1.807) is 24.8 Å². The van der Waals surface area contributed by atoms with Gasteiger partial charge in [-0.3, -0.25) is 14.4 Å². The molecule has 0 aromatic heterocycles. The van der Waals surface area contributed by atoms with E-state index in [-0.39, 0.29) is 48.2 Å². The largest absolute Gasteiger partial charge is 0.466 e. The van der Waals surface area contributed by atoms with Crippen molar-refractivity contribution in [1.82, 2.24) is 9.80 Å². The third-order valence-corrected chi connectivity index (χ3v) is 9.16. The maximum Gasteiger partial charge on any atom is 0.310 e. The number of thioether (sulfide) groups is 1. The van der Waals surface area contributed by atoms with Crippen LogP contribution in [0.5, 0.6) is 0 Å². The quantitative estimate of drug-likeness (QED) is 0.403. The summed E-state index contributed by atoms with van der Waals surface area (Å²) in [5.74, 6) is -1.79. The summed E-state index contributed by atoms with van der Waals surface area (Å²) in [5, 5.41) is 9.74. The predicted molar refractivity (Wildman–Crippen MR) is 130 cm³/mol. The molecule has 1 spiro atoms. The molecule has 0 aliphatic carbocycles. The molecule has 3 saturated heterocycles. The Labute approximate surface area is 202 Å². The molecule has 3 aliphatic rings. The average molecular weight is 481 g/mol. The van der Waals surface area contributed by atoms with E-state index in [0.717, 1.165) is 12.8 Å². The van der Waals surface area contributed by atoms with Gasteiger partial charge < -0.3 is 19.6 Å². The third-order valence-electron chi connectivity index (χ3n) is 7.21. The highest BCUT2D eigenvalue weighted by molar-refractivity contribution is 8.02. The van der Waals surface area contributed by atoms with Crippen molar-refractivity contribution < 1.29 is 24.2 Å². The van der Waals surface area contributed by atoms with Crippen LogP contribution in [-0.2, 0) is 19.1 Å². The van der Waals surface area contributed by atoms with Gasteiger partial charge in [-0.25, -0.2) is 0 Å². The fraction of sp³-hybridized carbons (Fsp3) is 0.800. The Balaban J connectivity index is 2.04. The van der Waals surface area contributed by atoms with Crippen molar-refractivity contribution in [2.45, 2.75) is 82.4 Å². The van der Waals surface area contributed by atoms with E-state index < -0.39 is 28.2 Å². The normalized spacial score (nSPS) is 31.0. The number of aliphatic hydroxyl groups is 1. The summed E-state index contributed by atoms with van der Waals surface area (Å²) in [4.78, 5) is 44.2. The van der Waals surface area contributed by atoms with Gasteiger partial charge in [0.05, 0.1) is 29.8 Å². The van der Waals surface area contributed by atoms with Crippen LogP contribution >= 0.6 is 11.8 Å². The van der Waals surface area contributed by atoms with E-state index in [1.807, 2.05) is 4.90 Å². The lowest BCUT2D eigenvalue weighted by Gasteiger charge is -2.46. The van der Waals surface area contributed by atoms with E-state index in [0.29, 0.717) is 13.0 Å². The van der Waals surface area contributed by atoms with Gasteiger partial charge in [-0.1, -0.05) is 26.8 Å². The van der Waals surface area contributed by atoms with Gasteiger partial charge in [-0.2, -0.15) is 0 Å². The van der Waals surface area contributed by atoms with Crippen molar-refractivity contribution in [3.05, 3.63) is 12.7 Å². The number of aliphatic hydroxyl groups excluding tert-OH is 1. The minimum Gasteiger partial charge on any atom is -0.466 e. The summed E-state index contributed by atoms with van der Waals surface area (Å²) >= 11 is 1.62. The lowest BCUT2D eigenvalue weighted by molar-refractivity contribution is -0.153. The summed E-state index contributed by atoms with van der Waals surface area (Å²) in [6.45, 7) is 16.7. The molecule has 1 N–H and O–H groups in total. The molecular formula is C25H40N2O5S. The maximum absolute atomic E-state index is 14.3. The number of likely N-dealkylation sites (tertiary alicyclic amines) is 1. The van der Waals surface area contributed by atoms with Gasteiger partial charge in [0, 0.05) is 23.9 Å². The number of β-amino-alcohol motifs (C(OH)–C–C–N with tert-alkyl or cyclic N) is 1. The lowest BCUT2D eigenvalue weighted by Crippen LogP contribution is -2.60. The van der Waals surface area contributed by atoms with Crippen LogP contribution in [0.2, 0.25) is 0 Å². The maximum atomic E-state index is 14.3. The molecule has 3 fully saturated rings. The number of ether oxygens (including phenoxy) is 1. The molecule has 2 unspecified atom stereocenters. The monoisotopic (exact) mass is 480 g/mol. The van der Waals surface area contributed by atoms with Crippen LogP contribution in [0.15, 0.2) is 12.7 Å². The molecule has 7 nitrogen and oxygen atoms in total. The summed E-state index contributed by atoms with van der Waals surface area (Å²) in [6, 6.07) is -0.712. The van der Waals surface area contributed by atoms with Crippen LogP contribution in [0.1, 0.15) is 60.8 Å². The highest BCUT2D eigenvalue weighted by Crippen LogP contribution is 2.66. The van der Waals surface area contributed by atoms with Crippen molar-refractivity contribution in [3.63, 3.8) is 0 Å². The SMILES string of the molecule is C=CCN(C(=O)C1N(CCO)C(=O)[C@@H]2[C@H](C(=O)OCC)[C@@H]3CCC12S3)C(C)(C)CC(C)(C)C. The zero-order chi connectivity index (χ0) is 24.8. The van der Waals surface area contributed by atoms with Crippen LogP contribution in [-0.4, -0.2) is 80.6 Å². The average Bonchev–Trinajstić information content (AvgIpc) is 3.32. The van der Waals surface area contributed by atoms with Crippen LogP contribution in [0.25, 0.3) is 0 Å². The molecule has 0 radical (unpaired) electrons. The molecule has 0 saturated carbocycles. The second-order valence-electron chi connectivity index (χ2n) is 11.4. The van der Waals surface area contributed by atoms with Crippen LogP contribution in [0.4, 0.5) is 0 Å². The van der Waals surface area contributed by atoms with E-state index in [9.17, 15) is 19.5 Å². The Morgan fingerprint density at radius 3 is 2.55 bits per heavy atom. The van der Waals surface area contributed by atoms with Gasteiger partial charge in [0.1, 0.15) is 6.04 Å². The van der Waals surface area contributed by atoms with Crippen LogP contribution in [0.3, 0.4) is 0 Å².